The van der Waals surface area contributed by atoms with Gasteiger partial charge in [0.1, 0.15) is 0 Å². The molecule has 2 aromatic carbocycles. The normalized spacial score (nSPS) is 17.4. The first-order valence-corrected chi connectivity index (χ1v) is 6.14. The van der Waals surface area contributed by atoms with E-state index in [2.05, 4.69) is 24.4 Å². The zero-order valence-corrected chi connectivity index (χ0v) is 10.5. The molecule has 1 aliphatic rings. The van der Waals surface area contributed by atoms with Crippen LogP contribution in [-0.2, 0) is 0 Å². The van der Waals surface area contributed by atoms with Crippen LogP contribution in [0.1, 0.15) is 38.7 Å². The van der Waals surface area contributed by atoms with Crippen LogP contribution in [0.2, 0.25) is 0 Å². The van der Waals surface area contributed by atoms with Crippen molar-refractivity contribution in [1.29, 1.82) is 0 Å². The molecule has 1 amide bonds. The summed E-state index contributed by atoms with van der Waals surface area (Å²) in [7, 11) is 0. The van der Waals surface area contributed by atoms with Gasteiger partial charge < -0.3 is 5.32 Å². The van der Waals surface area contributed by atoms with Crippen molar-refractivity contribution >= 4 is 5.91 Å². The van der Waals surface area contributed by atoms with Gasteiger partial charge in [0.05, 0.1) is 6.04 Å². The number of nitrogens with one attached hydrogen (secondary N) is 1. The minimum absolute atomic E-state index is 0.00593. The maximum atomic E-state index is 12.1. The highest BCUT2D eigenvalue weighted by atomic mass is 16.2. The summed E-state index contributed by atoms with van der Waals surface area (Å²) < 4.78 is 0. The van der Waals surface area contributed by atoms with Crippen LogP contribution < -0.4 is 5.32 Å². The molecule has 0 bridgehead atoms. The van der Waals surface area contributed by atoms with Crippen LogP contribution in [0.25, 0.3) is 0 Å². The Balaban J connectivity index is 2.17. The highest BCUT2D eigenvalue weighted by Crippen LogP contribution is 2.33. The van der Waals surface area contributed by atoms with Gasteiger partial charge in [0.2, 0.25) is 0 Å². The van der Waals surface area contributed by atoms with Gasteiger partial charge in [-0.25, -0.2) is 0 Å². The van der Waals surface area contributed by atoms with Gasteiger partial charge in [0.15, 0.2) is 0 Å². The van der Waals surface area contributed by atoms with Crippen molar-refractivity contribution in [3.8, 4) is 0 Å². The molecule has 0 fully saturated rings. The molecule has 0 aliphatic carbocycles. The number of fused-ring (bicyclic) bond motifs is 1. The summed E-state index contributed by atoms with van der Waals surface area (Å²) in [5.41, 5.74) is 5.36. The number of carbonyl (C=O) groups excluding carboxylic acids is 1. The van der Waals surface area contributed by atoms with Gasteiger partial charge >= 0.3 is 0 Å². The summed E-state index contributed by atoms with van der Waals surface area (Å²) in [5, 5.41) is 3.08. The van der Waals surface area contributed by atoms with Crippen LogP contribution in [0.3, 0.4) is 0 Å². The standard InChI is InChI=1S/C16H15NO/c1-10-6-3-4-8-12(10)15-13-9-5-7-11(2)14(13)16(18)17-15/h3-9,15H,1-2H3,(H,17,18). The molecule has 0 radical (unpaired) electrons. The van der Waals surface area contributed by atoms with Gasteiger partial charge in [0, 0.05) is 5.56 Å². The number of benzene rings is 2. The third kappa shape index (κ3) is 1.53. The van der Waals surface area contributed by atoms with E-state index in [1.165, 1.54) is 11.1 Å². The van der Waals surface area contributed by atoms with Crippen LogP contribution >= 0.6 is 0 Å². The van der Waals surface area contributed by atoms with Crippen molar-refractivity contribution in [3.63, 3.8) is 0 Å². The third-order valence-electron chi connectivity index (χ3n) is 3.62. The first-order valence-electron chi connectivity index (χ1n) is 6.14. The van der Waals surface area contributed by atoms with Gasteiger partial charge in [-0.1, -0.05) is 42.5 Å². The van der Waals surface area contributed by atoms with E-state index < -0.39 is 0 Å². The van der Waals surface area contributed by atoms with Gasteiger partial charge in [-0.2, -0.15) is 0 Å². The van der Waals surface area contributed by atoms with E-state index in [-0.39, 0.29) is 11.9 Å². The molecule has 0 saturated carbocycles. The van der Waals surface area contributed by atoms with Crippen LogP contribution in [0, 0.1) is 13.8 Å². The number of carbonyl (C=O) groups is 1. The highest BCUT2D eigenvalue weighted by Gasteiger charge is 2.31. The number of hydrogen-bond acceptors (Lipinski definition) is 1. The minimum Gasteiger partial charge on any atom is -0.341 e. The Morgan fingerprint density at radius 2 is 1.56 bits per heavy atom. The van der Waals surface area contributed by atoms with Gasteiger partial charge in [0.25, 0.3) is 5.91 Å². The van der Waals surface area contributed by atoms with Crippen LogP contribution in [0.15, 0.2) is 42.5 Å². The molecular weight excluding hydrogens is 222 g/mol. The molecule has 1 atom stereocenters. The van der Waals surface area contributed by atoms with Crippen molar-refractivity contribution < 1.29 is 4.79 Å². The first-order chi connectivity index (χ1) is 8.68. The average molecular weight is 237 g/mol. The molecule has 1 N–H and O–H groups in total. The smallest absolute Gasteiger partial charge is 0.252 e. The van der Waals surface area contributed by atoms with Crippen LogP contribution in [0.5, 0.6) is 0 Å². The second kappa shape index (κ2) is 3.98. The van der Waals surface area contributed by atoms with Crippen molar-refractivity contribution in [2.24, 2.45) is 0 Å². The largest absolute Gasteiger partial charge is 0.341 e. The van der Waals surface area contributed by atoms with Crippen LogP contribution in [0.4, 0.5) is 0 Å². The fourth-order valence-corrected chi connectivity index (χ4v) is 2.68. The Kier molecular flexibility index (Phi) is 2.44. The summed E-state index contributed by atoms with van der Waals surface area (Å²) in [5.74, 6) is 0.0383. The zero-order chi connectivity index (χ0) is 12.7. The maximum Gasteiger partial charge on any atom is 0.252 e. The van der Waals surface area contributed by atoms with Crippen molar-refractivity contribution in [2.45, 2.75) is 19.9 Å². The SMILES string of the molecule is Cc1ccccc1C1NC(=O)c2c(C)cccc21. The zero-order valence-electron chi connectivity index (χ0n) is 10.5. The Morgan fingerprint density at radius 1 is 0.889 bits per heavy atom. The van der Waals surface area contributed by atoms with Crippen molar-refractivity contribution in [3.05, 3.63) is 70.3 Å². The fourth-order valence-electron chi connectivity index (χ4n) is 2.68. The molecule has 2 aromatic rings. The van der Waals surface area contributed by atoms with Crippen molar-refractivity contribution in [1.82, 2.24) is 5.32 Å². The molecule has 0 saturated heterocycles. The molecule has 0 spiro atoms. The Bertz CT molecular complexity index is 631. The Hall–Kier alpha value is -2.09. The molecule has 2 heteroatoms. The third-order valence-corrected chi connectivity index (χ3v) is 3.62. The van der Waals surface area contributed by atoms with Crippen molar-refractivity contribution in [2.75, 3.05) is 0 Å². The first kappa shape index (κ1) is 11.0. The fraction of sp³-hybridized carbons (Fsp3) is 0.188. The van der Waals surface area contributed by atoms with Gasteiger partial charge in [-0.05, 0) is 36.1 Å². The molecule has 0 aromatic heterocycles. The average Bonchev–Trinajstić information content (AvgIpc) is 2.69. The summed E-state index contributed by atoms with van der Waals surface area (Å²) in [6.45, 7) is 4.06. The lowest BCUT2D eigenvalue weighted by Crippen LogP contribution is -2.20. The number of rotatable bonds is 1. The lowest BCUT2D eigenvalue weighted by molar-refractivity contribution is 0.0960. The van der Waals surface area contributed by atoms with E-state index in [0.29, 0.717) is 0 Å². The second-order valence-electron chi connectivity index (χ2n) is 4.80. The quantitative estimate of drug-likeness (QED) is 0.811. The Morgan fingerprint density at radius 3 is 2.33 bits per heavy atom. The highest BCUT2D eigenvalue weighted by molar-refractivity contribution is 6.01. The predicted octanol–water partition coefficient (Wildman–Crippen LogP) is 3.14. The molecule has 2 nitrogen and oxygen atoms in total. The van der Waals surface area contributed by atoms with E-state index in [9.17, 15) is 4.79 Å². The van der Waals surface area contributed by atoms with E-state index >= 15 is 0 Å². The summed E-state index contributed by atoms with van der Waals surface area (Å²) in [6, 6.07) is 14.2. The van der Waals surface area contributed by atoms with Gasteiger partial charge in [-0.3, -0.25) is 4.79 Å². The lowest BCUT2D eigenvalue weighted by Gasteiger charge is -2.14. The minimum atomic E-state index is -0.00593. The van der Waals surface area contributed by atoms with Gasteiger partial charge in [-0.15, -0.1) is 0 Å². The Labute approximate surface area is 107 Å². The summed E-state index contributed by atoms with van der Waals surface area (Å²) >= 11 is 0. The topological polar surface area (TPSA) is 29.1 Å². The van der Waals surface area contributed by atoms with E-state index in [1.807, 2.05) is 37.3 Å². The number of hydrogen-bond donors (Lipinski definition) is 1. The lowest BCUT2D eigenvalue weighted by atomic mass is 9.93. The number of aryl methyl sites for hydroxylation is 2. The maximum absolute atomic E-state index is 12.1. The molecule has 1 aliphatic heterocycles. The number of amides is 1. The predicted molar refractivity (Wildman–Crippen MR) is 71.7 cm³/mol. The van der Waals surface area contributed by atoms with Crippen LogP contribution in [-0.4, -0.2) is 5.91 Å². The summed E-state index contributed by atoms with van der Waals surface area (Å²) in [4.78, 5) is 12.1. The summed E-state index contributed by atoms with van der Waals surface area (Å²) in [6.07, 6.45) is 0. The molecular formula is C16H15NO. The van der Waals surface area contributed by atoms with E-state index in [0.717, 1.165) is 16.7 Å². The second-order valence-corrected chi connectivity index (χ2v) is 4.80. The molecule has 90 valence electrons. The monoisotopic (exact) mass is 237 g/mol. The van der Waals surface area contributed by atoms with E-state index in [4.69, 9.17) is 0 Å². The molecule has 18 heavy (non-hydrogen) atoms. The molecule has 1 unspecified atom stereocenters. The van der Waals surface area contributed by atoms with E-state index in [1.54, 1.807) is 0 Å². The molecule has 1 heterocycles. The molecule has 3 rings (SSSR count).